The van der Waals surface area contributed by atoms with E-state index in [2.05, 4.69) is 35.2 Å². The number of hydrogen-bond acceptors (Lipinski definition) is 7. The van der Waals surface area contributed by atoms with Crippen molar-refractivity contribution >= 4 is 28.5 Å². The molecule has 1 amide bonds. The number of carbonyl (C=O) groups is 2. The van der Waals surface area contributed by atoms with Crippen LogP contribution < -0.4 is 5.32 Å². The molecular weight excluding hydrogens is 562 g/mol. The number of nitrogens with zero attached hydrogens (tertiary/aromatic N) is 1. The number of terminal acetylenes is 1. The summed E-state index contributed by atoms with van der Waals surface area (Å²) in [6.45, 7) is 3.87. The first-order chi connectivity index (χ1) is 20.9. The number of carboxylic acids is 1. The Morgan fingerprint density at radius 3 is 2.80 bits per heavy atom. The van der Waals surface area contributed by atoms with Crippen molar-refractivity contribution in [3.63, 3.8) is 0 Å². The molecule has 8 atom stereocenters. The summed E-state index contributed by atoms with van der Waals surface area (Å²) in [5.41, 5.74) is 1.45. The number of H-pyrrole nitrogens is 1. The van der Waals surface area contributed by atoms with E-state index >= 15 is 0 Å². The van der Waals surface area contributed by atoms with Gasteiger partial charge >= 0.3 is 5.97 Å². The maximum absolute atomic E-state index is 12.6. The number of aromatic nitrogens is 1. The molecule has 0 radical (unpaired) electrons. The highest BCUT2D eigenvalue weighted by Gasteiger charge is 2.66. The maximum Gasteiger partial charge on any atom is 0.326 e. The van der Waals surface area contributed by atoms with Gasteiger partial charge in [-0.3, -0.25) is 4.79 Å². The van der Waals surface area contributed by atoms with Gasteiger partial charge in [0.25, 0.3) is 5.91 Å². The van der Waals surface area contributed by atoms with Gasteiger partial charge in [0.2, 0.25) is 0 Å². The van der Waals surface area contributed by atoms with E-state index in [0.29, 0.717) is 30.3 Å². The molecular formula is C34H41N3O7. The Bertz CT molecular complexity index is 1590. The van der Waals surface area contributed by atoms with Gasteiger partial charge in [-0.1, -0.05) is 30.5 Å². The molecule has 0 bridgehead atoms. The molecule has 2 aromatic rings. The van der Waals surface area contributed by atoms with E-state index in [0.717, 1.165) is 36.8 Å². The molecule has 4 aliphatic rings. The number of aromatic hydroxyl groups is 1. The van der Waals surface area contributed by atoms with Crippen LogP contribution in [0.4, 0.5) is 0 Å². The second-order valence-electron chi connectivity index (χ2n) is 13.7. The second-order valence-corrected chi connectivity index (χ2v) is 13.7. The third-order valence-electron chi connectivity index (χ3n) is 11.5. The number of aliphatic hydroxyl groups is 2. The highest BCUT2D eigenvalue weighted by Crippen LogP contribution is 2.67. The maximum atomic E-state index is 12.6. The molecule has 6 rings (SSSR count). The number of phenols is 1. The quantitative estimate of drug-likeness (QED) is 0.208. The predicted octanol–water partition coefficient (Wildman–Crippen LogP) is 3.66. The molecule has 10 heteroatoms. The molecule has 3 fully saturated rings. The van der Waals surface area contributed by atoms with Crippen LogP contribution in [0, 0.1) is 40.9 Å². The minimum atomic E-state index is -1.18. The SMILES string of the molecule is C#C[C@]1(O)CC[C@@H]2[C@@H]3CCC4=C/C(=N\OCC(=O)N[C@H](Cc5c[nH]c6cc(O)ccc56)C(=O)O)CC[C@]4(C)[C@H]3[C@H](O)C[C@@]21C. The van der Waals surface area contributed by atoms with Gasteiger partial charge in [0.1, 0.15) is 17.4 Å². The lowest BCUT2D eigenvalue weighted by molar-refractivity contribution is -0.153. The summed E-state index contributed by atoms with van der Waals surface area (Å²) in [6.07, 6.45) is 14.1. The van der Waals surface area contributed by atoms with Crippen LogP contribution in [0.25, 0.3) is 10.9 Å². The molecule has 0 spiro atoms. The highest BCUT2D eigenvalue weighted by atomic mass is 16.6. The minimum absolute atomic E-state index is 0.0566. The van der Waals surface area contributed by atoms with Crippen molar-refractivity contribution in [3.8, 4) is 18.1 Å². The third-order valence-corrected chi connectivity index (χ3v) is 11.5. The number of benzene rings is 1. The van der Waals surface area contributed by atoms with Gasteiger partial charge in [-0.15, -0.1) is 6.42 Å². The first kappa shape index (κ1) is 30.2. The van der Waals surface area contributed by atoms with E-state index in [1.54, 1.807) is 18.3 Å². The van der Waals surface area contributed by atoms with Crippen LogP contribution in [0.3, 0.4) is 0 Å². The number of carboxylic acid groups (broad SMARTS) is 1. The second kappa shape index (κ2) is 11.0. The molecule has 0 aliphatic heterocycles. The third kappa shape index (κ3) is 4.87. The van der Waals surface area contributed by atoms with Gasteiger partial charge in [-0.05, 0) is 91.9 Å². The van der Waals surface area contributed by atoms with Crippen LogP contribution >= 0.6 is 0 Å². The van der Waals surface area contributed by atoms with Crippen LogP contribution in [-0.2, 0) is 20.8 Å². The summed E-state index contributed by atoms with van der Waals surface area (Å²) < 4.78 is 0. The lowest BCUT2D eigenvalue weighted by atomic mass is 9.45. The van der Waals surface area contributed by atoms with E-state index < -0.39 is 41.6 Å². The Morgan fingerprint density at radius 1 is 1.25 bits per heavy atom. The van der Waals surface area contributed by atoms with Gasteiger partial charge in [-0.2, -0.15) is 0 Å². The largest absolute Gasteiger partial charge is 0.508 e. The number of rotatable bonds is 7. The molecule has 44 heavy (non-hydrogen) atoms. The average Bonchev–Trinajstić information content (AvgIpc) is 3.49. The number of carbonyl (C=O) groups excluding carboxylic acids is 1. The molecule has 6 N–H and O–H groups in total. The Kier molecular flexibility index (Phi) is 7.53. The molecule has 10 nitrogen and oxygen atoms in total. The van der Waals surface area contributed by atoms with Gasteiger partial charge in [0.15, 0.2) is 6.61 Å². The van der Waals surface area contributed by atoms with Crippen molar-refractivity contribution in [1.82, 2.24) is 10.3 Å². The van der Waals surface area contributed by atoms with Crippen molar-refractivity contribution < 1.29 is 34.9 Å². The van der Waals surface area contributed by atoms with Crippen molar-refractivity contribution in [2.75, 3.05) is 6.61 Å². The Morgan fingerprint density at radius 2 is 2.05 bits per heavy atom. The standard InChI is InChI=1S/C34H41N3O7/c1-4-34(43)12-10-25-24-7-5-20-14-21(9-11-32(20,2)30(24)28(39)16-33(25,34)3)37-44-18-29(40)36-27(31(41)42)13-19-17-35-26-15-22(38)6-8-23(19)26/h1,6,8,14-15,17,24-25,27-28,30,35,38-39,43H,5,7,9-13,16,18H2,2-3H3,(H,36,40)(H,41,42)/b37-21-/t24-,25+,27+,28+,30+,32-,33-,34-/m0/s1. The Balaban J connectivity index is 1.09. The van der Waals surface area contributed by atoms with Crippen molar-refractivity contribution in [2.45, 2.75) is 83.0 Å². The first-order valence-corrected chi connectivity index (χ1v) is 15.5. The van der Waals surface area contributed by atoms with Gasteiger partial charge < -0.3 is 35.6 Å². The number of nitrogens with one attached hydrogen (secondary N) is 2. The average molecular weight is 604 g/mol. The Hall–Kier alpha value is -3.81. The van der Waals surface area contributed by atoms with E-state index in [4.69, 9.17) is 11.3 Å². The number of phenolic OH excluding ortho intramolecular Hbond substituents is 1. The monoisotopic (exact) mass is 603 g/mol. The van der Waals surface area contributed by atoms with E-state index in [9.17, 15) is 30.0 Å². The molecule has 1 aromatic heterocycles. The van der Waals surface area contributed by atoms with E-state index in [1.165, 1.54) is 11.6 Å². The zero-order valence-electron chi connectivity index (χ0n) is 25.2. The molecule has 234 valence electrons. The summed E-state index contributed by atoms with van der Waals surface area (Å²) in [6, 6.07) is 3.61. The summed E-state index contributed by atoms with van der Waals surface area (Å²) >= 11 is 0. The van der Waals surface area contributed by atoms with Crippen LogP contribution in [0.15, 0.2) is 41.2 Å². The number of hydrogen-bond donors (Lipinski definition) is 6. The number of allylic oxidation sites excluding steroid dienone is 2. The summed E-state index contributed by atoms with van der Waals surface area (Å²) in [5.74, 6) is 1.63. The number of amides is 1. The normalized spacial score (nSPS) is 36.0. The minimum Gasteiger partial charge on any atom is -0.508 e. The number of aliphatic carboxylic acids is 1. The van der Waals surface area contributed by atoms with E-state index in [-0.39, 0.29) is 35.3 Å². The number of fused-ring (bicyclic) bond motifs is 6. The van der Waals surface area contributed by atoms with Crippen molar-refractivity contribution in [3.05, 3.63) is 41.6 Å². The molecule has 0 saturated heterocycles. The fourth-order valence-corrected chi connectivity index (χ4v) is 9.19. The fourth-order valence-electron chi connectivity index (χ4n) is 9.19. The Labute approximate surface area is 256 Å². The topological polar surface area (TPSA) is 164 Å². The van der Waals surface area contributed by atoms with Gasteiger partial charge in [-0.25, -0.2) is 4.79 Å². The molecule has 1 heterocycles. The molecule has 3 saturated carbocycles. The highest BCUT2D eigenvalue weighted by molar-refractivity contribution is 5.96. The van der Waals surface area contributed by atoms with E-state index in [1.807, 2.05) is 6.08 Å². The fraction of sp³-hybridized carbons (Fsp3) is 0.559. The predicted molar refractivity (Wildman–Crippen MR) is 163 cm³/mol. The van der Waals surface area contributed by atoms with Crippen LogP contribution in [0.5, 0.6) is 5.75 Å². The van der Waals surface area contributed by atoms with Crippen LogP contribution in [0.1, 0.15) is 64.4 Å². The lowest BCUT2D eigenvalue weighted by Crippen LogP contribution is -2.59. The van der Waals surface area contributed by atoms with Crippen molar-refractivity contribution in [1.29, 1.82) is 0 Å². The first-order valence-electron chi connectivity index (χ1n) is 15.5. The summed E-state index contributed by atoms with van der Waals surface area (Å²) in [5, 5.41) is 49.7. The smallest absolute Gasteiger partial charge is 0.326 e. The number of aliphatic hydroxyl groups excluding tert-OH is 1. The van der Waals surface area contributed by atoms with Crippen LogP contribution in [0.2, 0.25) is 0 Å². The zero-order chi connectivity index (χ0) is 31.4. The molecule has 1 aromatic carbocycles. The summed E-state index contributed by atoms with van der Waals surface area (Å²) in [4.78, 5) is 32.9. The van der Waals surface area contributed by atoms with Crippen LogP contribution in [-0.4, -0.2) is 67.4 Å². The van der Waals surface area contributed by atoms with Gasteiger partial charge in [0, 0.05) is 35.0 Å². The number of aromatic amines is 1. The van der Waals surface area contributed by atoms with Crippen molar-refractivity contribution in [2.24, 2.45) is 33.7 Å². The lowest BCUT2D eigenvalue weighted by Gasteiger charge is -2.60. The van der Waals surface area contributed by atoms with Gasteiger partial charge in [0.05, 0.1) is 11.8 Å². The molecule has 4 aliphatic carbocycles. The molecule has 0 unspecified atom stereocenters. The zero-order valence-corrected chi connectivity index (χ0v) is 25.2. The number of oxime groups is 1. The summed E-state index contributed by atoms with van der Waals surface area (Å²) in [7, 11) is 0.